The molecule has 0 bridgehead atoms. The van der Waals surface area contributed by atoms with Gasteiger partial charge in [0, 0.05) is 4.47 Å². The molecule has 0 spiro atoms. The maximum atomic E-state index is 11.1. The Hall–Kier alpha value is -0.830. The molecule has 86 valence electrons. The highest BCUT2D eigenvalue weighted by atomic mass is 79.9. The summed E-state index contributed by atoms with van der Waals surface area (Å²) in [6.07, 6.45) is 2.30. The van der Waals surface area contributed by atoms with Crippen LogP contribution in [0.15, 0.2) is 16.6 Å². The first-order valence-electron chi connectivity index (χ1n) is 5.44. The van der Waals surface area contributed by atoms with Crippen molar-refractivity contribution in [2.75, 3.05) is 0 Å². The van der Waals surface area contributed by atoms with Crippen LogP contribution in [0.5, 0.6) is 0 Å². The van der Waals surface area contributed by atoms with Crippen molar-refractivity contribution < 1.29 is 9.90 Å². The number of halogens is 1. The summed E-state index contributed by atoms with van der Waals surface area (Å²) in [5.41, 5.74) is 3.03. The Morgan fingerprint density at radius 1 is 1.38 bits per heavy atom. The van der Waals surface area contributed by atoms with Gasteiger partial charge in [-0.25, -0.2) is 0 Å². The van der Waals surface area contributed by atoms with Crippen LogP contribution < -0.4 is 0 Å². The Kier molecular flexibility index (Phi) is 2.82. The largest absolute Gasteiger partial charge is 0.481 e. The lowest BCUT2D eigenvalue weighted by Crippen LogP contribution is -2.17. The van der Waals surface area contributed by atoms with E-state index < -0.39 is 11.4 Å². The standard InChI is InChI=1S/C13H15BrO2/c1-8-5-10(6-9(2)11(8)14)7-13(3-4-13)12(15)16/h5-6H,3-4,7H2,1-2H3,(H,15,16). The Morgan fingerprint density at radius 2 is 1.88 bits per heavy atom. The van der Waals surface area contributed by atoms with Gasteiger partial charge < -0.3 is 5.11 Å². The number of carbonyl (C=O) groups is 1. The van der Waals surface area contributed by atoms with Crippen molar-refractivity contribution in [3.8, 4) is 0 Å². The van der Waals surface area contributed by atoms with E-state index in [1.807, 2.05) is 13.8 Å². The fraction of sp³-hybridized carbons (Fsp3) is 0.462. The number of hydrogen-bond donors (Lipinski definition) is 1. The van der Waals surface area contributed by atoms with Crippen molar-refractivity contribution in [3.63, 3.8) is 0 Å². The highest BCUT2D eigenvalue weighted by Crippen LogP contribution is 2.48. The summed E-state index contributed by atoms with van der Waals surface area (Å²) in [4.78, 5) is 11.1. The molecule has 0 atom stereocenters. The molecular weight excluding hydrogens is 268 g/mol. The van der Waals surface area contributed by atoms with Crippen molar-refractivity contribution in [2.24, 2.45) is 5.41 Å². The third kappa shape index (κ3) is 2.01. The van der Waals surface area contributed by atoms with E-state index in [9.17, 15) is 4.79 Å². The van der Waals surface area contributed by atoms with Gasteiger partial charge in [0.05, 0.1) is 5.41 Å². The fourth-order valence-electron chi connectivity index (χ4n) is 2.15. The maximum absolute atomic E-state index is 11.1. The van der Waals surface area contributed by atoms with E-state index >= 15 is 0 Å². The van der Waals surface area contributed by atoms with Gasteiger partial charge in [-0.1, -0.05) is 28.1 Å². The van der Waals surface area contributed by atoms with E-state index in [1.165, 1.54) is 11.1 Å². The van der Waals surface area contributed by atoms with E-state index in [2.05, 4.69) is 28.1 Å². The molecule has 1 aliphatic rings. The summed E-state index contributed by atoms with van der Waals surface area (Å²) in [7, 11) is 0. The van der Waals surface area contributed by atoms with Crippen LogP contribution in [0.2, 0.25) is 0 Å². The second-order valence-corrected chi connectivity index (χ2v) is 5.60. The summed E-state index contributed by atoms with van der Waals surface area (Å²) < 4.78 is 1.12. The average Bonchev–Trinajstić information content (AvgIpc) is 2.95. The third-order valence-corrected chi connectivity index (χ3v) is 4.60. The van der Waals surface area contributed by atoms with Crippen molar-refractivity contribution in [1.82, 2.24) is 0 Å². The number of aliphatic carboxylic acids is 1. The zero-order valence-corrected chi connectivity index (χ0v) is 11.1. The van der Waals surface area contributed by atoms with Crippen LogP contribution >= 0.6 is 15.9 Å². The first-order chi connectivity index (χ1) is 7.44. The second-order valence-electron chi connectivity index (χ2n) is 4.81. The van der Waals surface area contributed by atoms with Crippen LogP contribution in [-0.4, -0.2) is 11.1 Å². The van der Waals surface area contributed by atoms with Gasteiger partial charge in [-0.2, -0.15) is 0 Å². The molecule has 1 saturated carbocycles. The zero-order chi connectivity index (χ0) is 11.9. The molecule has 2 nitrogen and oxygen atoms in total. The van der Waals surface area contributed by atoms with E-state index in [-0.39, 0.29) is 0 Å². The Labute approximate surface area is 104 Å². The summed E-state index contributed by atoms with van der Waals surface area (Å²) in [5.74, 6) is -0.647. The van der Waals surface area contributed by atoms with Crippen LogP contribution in [0.1, 0.15) is 29.5 Å². The molecule has 3 heteroatoms. The third-order valence-electron chi connectivity index (χ3n) is 3.35. The lowest BCUT2D eigenvalue weighted by atomic mass is 9.94. The van der Waals surface area contributed by atoms with E-state index in [4.69, 9.17) is 5.11 Å². The molecular formula is C13H15BrO2. The molecule has 0 aliphatic heterocycles. The topological polar surface area (TPSA) is 37.3 Å². The lowest BCUT2D eigenvalue weighted by molar-refractivity contribution is -0.143. The van der Waals surface area contributed by atoms with Gasteiger partial charge in [0.15, 0.2) is 0 Å². The van der Waals surface area contributed by atoms with Crippen molar-refractivity contribution in [3.05, 3.63) is 33.3 Å². The minimum absolute atomic E-state index is 0.466. The van der Waals surface area contributed by atoms with Crippen molar-refractivity contribution in [1.29, 1.82) is 0 Å². The monoisotopic (exact) mass is 282 g/mol. The van der Waals surface area contributed by atoms with Crippen LogP contribution in [0.3, 0.4) is 0 Å². The Morgan fingerprint density at radius 3 is 2.25 bits per heavy atom. The Bertz CT molecular complexity index is 424. The number of carboxylic acid groups (broad SMARTS) is 1. The molecule has 0 heterocycles. The number of hydrogen-bond acceptors (Lipinski definition) is 1. The van der Waals surface area contributed by atoms with E-state index in [1.54, 1.807) is 0 Å². The van der Waals surface area contributed by atoms with Crippen LogP contribution in [-0.2, 0) is 11.2 Å². The quantitative estimate of drug-likeness (QED) is 0.922. The van der Waals surface area contributed by atoms with Crippen molar-refractivity contribution >= 4 is 21.9 Å². The average molecular weight is 283 g/mol. The zero-order valence-electron chi connectivity index (χ0n) is 9.51. The van der Waals surface area contributed by atoms with Gasteiger partial charge in [0.1, 0.15) is 0 Å². The minimum atomic E-state index is -0.647. The number of rotatable bonds is 3. The van der Waals surface area contributed by atoms with Gasteiger partial charge in [-0.3, -0.25) is 4.79 Å². The van der Waals surface area contributed by atoms with Crippen LogP contribution in [0.25, 0.3) is 0 Å². The van der Waals surface area contributed by atoms with Gasteiger partial charge >= 0.3 is 5.97 Å². The highest BCUT2D eigenvalue weighted by Gasteiger charge is 2.49. The van der Waals surface area contributed by atoms with Crippen LogP contribution in [0.4, 0.5) is 0 Å². The summed E-state index contributed by atoms with van der Waals surface area (Å²) in [5, 5.41) is 9.15. The normalized spacial score (nSPS) is 17.2. The summed E-state index contributed by atoms with van der Waals surface area (Å²) in [6.45, 7) is 4.09. The number of benzene rings is 1. The van der Waals surface area contributed by atoms with E-state index in [0.717, 1.165) is 22.9 Å². The molecule has 16 heavy (non-hydrogen) atoms. The van der Waals surface area contributed by atoms with Gasteiger partial charge in [-0.15, -0.1) is 0 Å². The molecule has 0 saturated heterocycles. The molecule has 1 aromatic rings. The SMILES string of the molecule is Cc1cc(CC2(C(=O)O)CC2)cc(C)c1Br. The van der Waals surface area contributed by atoms with Gasteiger partial charge in [0.25, 0.3) is 0 Å². The first kappa shape index (κ1) is 11.6. The number of aryl methyl sites for hydroxylation is 2. The molecule has 0 aromatic heterocycles. The molecule has 1 aliphatic carbocycles. The molecule has 1 fully saturated rings. The minimum Gasteiger partial charge on any atom is -0.481 e. The predicted molar refractivity (Wildman–Crippen MR) is 66.6 cm³/mol. The second kappa shape index (κ2) is 3.88. The van der Waals surface area contributed by atoms with E-state index in [0.29, 0.717) is 6.42 Å². The first-order valence-corrected chi connectivity index (χ1v) is 6.23. The summed E-state index contributed by atoms with van der Waals surface area (Å²) >= 11 is 3.52. The van der Waals surface area contributed by atoms with Crippen LogP contribution in [0, 0.1) is 19.3 Å². The predicted octanol–water partition coefficient (Wildman–Crippen LogP) is 3.47. The Balaban J connectivity index is 2.26. The molecule has 1 aromatic carbocycles. The van der Waals surface area contributed by atoms with Crippen molar-refractivity contribution in [2.45, 2.75) is 33.1 Å². The molecule has 0 unspecified atom stereocenters. The highest BCUT2D eigenvalue weighted by molar-refractivity contribution is 9.10. The molecule has 0 radical (unpaired) electrons. The molecule has 0 amide bonds. The van der Waals surface area contributed by atoms with Gasteiger partial charge in [0.2, 0.25) is 0 Å². The lowest BCUT2D eigenvalue weighted by Gasteiger charge is -2.12. The number of carboxylic acids is 1. The molecule has 2 rings (SSSR count). The van der Waals surface area contributed by atoms with Gasteiger partial charge in [-0.05, 0) is 49.8 Å². The maximum Gasteiger partial charge on any atom is 0.309 e. The molecule has 1 N–H and O–H groups in total. The summed E-state index contributed by atoms with van der Waals surface area (Å²) in [6, 6.07) is 4.17. The fourth-order valence-corrected chi connectivity index (χ4v) is 2.37. The smallest absolute Gasteiger partial charge is 0.309 e.